The molecule has 1 saturated carbocycles. The number of nitrogens with one attached hydrogen (secondary N) is 1. The molecule has 0 spiro atoms. The smallest absolute Gasteiger partial charge is 0.304 e. The molecule has 1 aromatic rings. The molecule has 1 aliphatic carbocycles. The van der Waals surface area contributed by atoms with Crippen LogP contribution in [0.1, 0.15) is 30.1 Å². The van der Waals surface area contributed by atoms with Gasteiger partial charge in [-0.1, -0.05) is 6.07 Å². The van der Waals surface area contributed by atoms with Gasteiger partial charge in [0.2, 0.25) is 0 Å². The summed E-state index contributed by atoms with van der Waals surface area (Å²) in [6, 6.07) is 4.42. The minimum absolute atomic E-state index is 0.00623. The molecule has 1 unspecified atom stereocenters. The van der Waals surface area contributed by atoms with Crippen LogP contribution in [0.5, 0.6) is 0 Å². The number of anilines is 1. The van der Waals surface area contributed by atoms with E-state index >= 15 is 0 Å². The first kappa shape index (κ1) is 12.3. The second-order valence-corrected chi connectivity index (χ2v) is 4.60. The fourth-order valence-corrected chi connectivity index (χ4v) is 1.95. The normalized spacial score (nSPS) is 16.1. The number of amides is 1. The molecule has 6 nitrogen and oxygen atoms in total. The van der Waals surface area contributed by atoms with E-state index in [0.717, 1.165) is 12.8 Å². The molecule has 1 fully saturated rings. The first-order valence-corrected chi connectivity index (χ1v) is 5.84. The third kappa shape index (κ3) is 2.42. The number of hydrogen-bond acceptors (Lipinski definition) is 4. The van der Waals surface area contributed by atoms with Gasteiger partial charge in [0.05, 0.1) is 4.92 Å². The maximum absolute atomic E-state index is 12.0. The molecule has 6 heteroatoms. The third-order valence-electron chi connectivity index (χ3n) is 3.18. The summed E-state index contributed by atoms with van der Waals surface area (Å²) in [5.74, 6) is 0.0578. The van der Waals surface area contributed by atoms with E-state index in [9.17, 15) is 14.9 Å². The number of carbonyl (C=O) groups excluding carboxylic acids is 1. The average Bonchev–Trinajstić information content (AvgIpc) is 3.11. The summed E-state index contributed by atoms with van der Waals surface area (Å²) in [7, 11) is 0. The molecule has 96 valence electrons. The summed E-state index contributed by atoms with van der Waals surface area (Å²) in [6.45, 7) is 1.91. The van der Waals surface area contributed by atoms with Crippen molar-refractivity contribution in [3.63, 3.8) is 0 Å². The van der Waals surface area contributed by atoms with E-state index in [-0.39, 0.29) is 23.0 Å². The van der Waals surface area contributed by atoms with Crippen molar-refractivity contribution in [2.45, 2.75) is 25.8 Å². The first-order chi connectivity index (χ1) is 8.50. The molecule has 0 aliphatic heterocycles. The monoisotopic (exact) mass is 249 g/mol. The van der Waals surface area contributed by atoms with Crippen molar-refractivity contribution in [2.75, 3.05) is 5.73 Å². The topological polar surface area (TPSA) is 98.3 Å². The highest BCUT2D eigenvalue weighted by molar-refractivity contribution is 6.00. The Bertz CT molecular complexity index is 497. The third-order valence-corrected chi connectivity index (χ3v) is 3.18. The molecule has 0 saturated heterocycles. The Balaban J connectivity index is 2.23. The van der Waals surface area contributed by atoms with Gasteiger partial charge in [-0.3, -0.25) is 14.9 Å². The zero-order valence-corrected chi connectivity index (χ0v) is 10.1. The van der Waals surface area contributed by atoms with Gasteiger partial charge in [0.15, 0.2) is 0 Å². The number of para-hydroxylation sites is 1. The summed E-state index contributed by atoms with van der Waals surface area (Å²) < 4.78 is 0. The Morgan fingerprint density at radius 3 is 2.78 bits per heavy atom. The van der Waals surface area contributed by atoms with Crippen LogP contribution >= 0.6 is 0 Å². The lowest BCUT2D eigenvalue weighted by atomic mass is 10.1. The van der Waals surface area contributed by atoms with Gasteiger partial charge >= 0.3 is 5.69 Å². The van der Waals surface area contributed by atoms with Crippen LogP contribution in [0.3, 0.4) is 0 Å². The molecule has 1 aromatic carbocycles. The van der Waals surface area contributed by atoms with Crippen molar-refractivity contribution in [3.05, 3.63) is 33.9 Å². The first-order valence-electron chi connectivity index (χ1n) is 5.84. The lowest BCUT2D eigenvalue weighted by Crippen LogP contribution is -2.34. The fourth-order valence-electron chi connectivity index (χ4n) is 1.95. The molecule has 2 rings (SSSR count). The summed E-state index contributed by atoms with van der Waals surface area (Å²) in [6.07, 6.45) is 2.20. The van der Waals surface area contributed by atoms with Crippen molar-refractivity contribution >= 4 is 17.3 Å². The maximum atomic E-state index is 12.0. The van der Waals surface area contributed by atoms with E-state index in [2.05, 4.69) is 5.32 Å². The molecular weight excluding hydrogens is 234 g/mol. The molecule has 18 heavy (non-hydrogen) atoms. The molecule has 1 amide bonds. The quantitative estimate of drug-likeness (QED) is 0.482. The van der Waals surface area contributed by atoms with E-state index in [1.54, 1.807) is 6.07 Å². The minimum Gasteiger partial charge on any atom is -0.393 e. The molecular formula is C12H15N3O3. The Labute approximate surface area is 104 Å². The van der Waals surface area contributed by atoms with Crippen molar-refractivity contribution in [1.82, 2.24) is 5.32 Å². The van der Waals surface area contributed by atoms with Crippen LogP contribution in [0.4, 0.5) is 11.4 Å². The van der Waals surface area contributed by atoms with Crippen LogP contribution in [0.15, 0.2) is 18.2 Å². The van der Waals surface area contributed by atoms with Gasteiger partial charge in [0, 0.05) is 6.04 Å². The largest absolute Gasteiger partial charge is 0.393 e. The Kier molecular flexibility index (Phi) is 3.18. The summed E-state index contributed by atoms with van der Waals surface area (Å²) in [5.41, 5.74) is 5.25. The van der Waals surface area contributed by atoms with Crippen LogP contribution in [0.2, 0.25) is 0 Å². The minimum atomic E-state index is -0.619. The number of rotatable bonds is 4. The number of nitrogens with two attached hydrogens (primary N) is 1. The zero-order chi connectivity index (χ0) is 13.3. The Morgan fingerprint density at radius 1 is 1.56 bits per heavy atom. The molecule has 0 aromatic heterocycles. The molecule has 1 atom stereocenters. The molecule has 0 radical (unpaired) electrons. The van der Waals surface area contributed by atoms with Gasteiger partial charge in [-0.15, -0.1) is 0 Å². The van der Waals surface area contributed by atoms with Crippen molar-refractivity contribution in [2.24, 2.45) is 5.92 Å². The van der Waals surface area contributed by atoms with Crippen molar-refractivity contribution in [3.8, 4) is 0 Å². The van der Waals surface area contributed by atoms with E-state index < -0.39 is 10.8 Å². The molecule has 0 bridgehead atoms. The highest BCUT2D eigenvalue weighted by Gasteiger charge is 2.31. The van der Waals surface area contributed by atoms with Crippen LogP contribution < -0.4 is 11.1 Å². The highest BCUT2D eigenvalue weighted by atomic mass is 16.6. The number of nitro groups is 1. The molecule has 3 N–H and O–H groups in total. The number of carbonyl (C=O) groups is 1. The van der Waals surface area contributed by atoms with Gasteiger partial charge in [0.25, 0.3) is 5.91 Å². The predicted molar refractivity (Wildman–Crippen MR) is 67.2 cm³/mol. The van der Waals surface area contributed by atoms with Gasteiger partial charge in [-0.05, 0) is 37.8 Å². The number of benzene rings is 1. The second kappa shape index (κ2) is 4.64. The van der Waals surface area contributed by atoms with E-state index in [0.29, 0.717) is 5.92 Å². The highest BCUT2D eigenvalue weighted by Crippen LogP contribution is 2.33. The molecule has 0 heterocycles. The fraction of sp³-hybridized carbons (Fsp3) is 0.417. The lowest BCUT2D eigenvalue weighted by Gasteiger charge is -2.13. The zero-order valence-electron chi connectivity index (χ0n) is 10.1. The second-order valence-electron chi connectivity index (χ2n) is 4.60. The molecule has 1 aliphatic rings. The summed E-state index contributed by atoms with van der Waals surface area (Å²) in [5, 5.41) is 13.7. The number of nitro benzene ring substituents is 1. The standard InChI is InChI=1S/C12H15N3O3/c1-7(8-5-6-8)14-12(16)9-3-2-4-10(13)11(9)15(17)18/h2-4,7-8H,5-6,13H2,1H3,(H,14,16). The van der Waals surface area contributed by atoms with Crippen LogP contribution in [0, 0.1) is 16.0 Å². The van der Waals surface area contributed by atoms with E-state index in [4.69, 9.17) is 5.73 Å². The SMILES string of the molecule is CC(NC(=O)c1cccc(N)c1[N+](=O)[O-])C1CC1. The van der Waals surface area contributed by atoms with Crippen LogP contribution in [-0.2, 0) is 0 Å². The number of nitrogen functional groups attached to an aromatic ring is 1. The van der Waals surface area contributed by atoms with Crippen molar-refractivity contribution in [1.29, 1.82) is 0 Å². The lowest BCUT2D eigenvalue weighted by molar-refractivity contribution is -0.384. The van der Waals surface area contributed by atoms with Gasteiger partial charge in [-0.2, -0.15) is 0 Å². The van der Waals surface area contributed by atoms with Gasteiger partial charge in [-0.25, -0.2) is 0 Å². The van der Waals surface area contributed by atoms with E-state index in [1.165, 1.54) is 12.1 Å². The Morgan fingerprint density at radius 2 is 2.22 bits per heavy atom. The Hall–Kier alpha value is -2.11. The number of nitrogens with zero attached hydrogens (tertiary/aromatic N) is 1. The van der Waals surface area contributed by atoms with Crippen LogP contribution in [0.25, 0.3) is 0 Å². The van der Waals surface area contributed by atoms with Gasteiger partial charge in [0.1, 0.15) is 11.3 Å². The van der Waals surface area contributed by atoms with Gasteiger partial charge < -0.3 is 11.1 Å². The van der Waals surface area contributed by atoms with Crippen LogP contribution in [-0.4, -0.2) is 16.9 Å². The predicted octanol–water partition coefficient (Wildman–Crippen LogP) is 1.71. The maximum Gasteiger partial charge on any atom is 0.304 e. The summed E-state index contributed by atoms with van der Waals surface area (Å²) in [4.78, 5) is 22.3. The average molecular weight is 249 g/mol. The van der Waals surface area contributed by atoms with E-state index in [1.807, 2.05) is 6.92 Å². The number of hydrogen-bond donors (Lipinski definition) is 2. The summed E-state index contributed by atoms with van der Waals surface area (Å²) >= 11 is 0. The van der Waals surface area contributed by atoms with Crippen molar-refractivity contribution < 1.29 is 9.72 Å².